The fraction of sp³-hybridized carbons (Fsp3) is 0.500. The third-order valence-electron chi connectivity index (χ3n) is 3.47. The molecule has 0 aromatic heterocycles. The van der Waals surface area contributed by atoms with Gasteiger partial charge in [-0.2, -0.15) is 13.2 Å². The van der Waals surface area contributed by atoms with Crippen LogP contribution in [0.15, 0.2) is 24.3 Å². The molecule has 1 atom stereocenters. The zero-order valence-corrected chi connectivity index (χ0v) is 10.5. The minimum Gasteiger partial charge on any atom is -0.469 e. The number of hydrogen-bond donors (Lipinski definition) is 0. The SMILES string of the molecule is COC(=O)CC(c1ccc(C(F)(F)F)cc1)C1CC1. The van der Waals surface area contributed by atoms with Gasteiger partial charge in [-0.1, -0.05) is 12.1 Å². The van der Waals surface area contributed by atoms with E-state index in [1.165, 1.54) is 19.2 Å². The van der Waals surface area contributed by atoms with Crippen LogP contribution in [-0.2, 0) is 15.7 Å². The van der Waals surface area contributed by atoms with Gasteiger partial charge in [-0.25, -0.2) is 0 Å². The third kappa shape index (κ3) is 3.49. The van der Waals surface area contributed by atoms with E-state index in [1.54, 1.807) is 0 Å². The van der Waals surface area contributed by atoms with E-state index in [2.05, 4.69) is 4.74 Å². The van der Waals surface area contributed by atoms with Crippen molar-refractivity contribution < 1.29 is 22.7 Å². The second kappa shape index (κ2) is 5.23. The normalized spacial score (nSPS) is 17.1. The third-order valence-corrected chi connectivity index (χ3v) is 3.47. The molecule has 19 heavy (non-hydrogen) atoms. The van der Waals surface area contributed by atoms with Crippen molar-refractivity contribution in [3.05, 3.63) is 35.4 Å². The summed E-state index contributed by atoms with van der Waals surface area (Å²) in [5.74, 6) is 0.0300. The molecule has 1 aliphatic rings. The zero-order valence-electron chi connectivity index (χ0n) is 10.5. The Morgan fingerprint density at radius 1 is 1.32 bits per heavy atom. The lowest BCUT2D eigenvalue weighted by Gasteiger charge is -2.16. The number of ether oxygens (including phenoxy) is 1. The molecule has 2 nitrogen and oxygen atoms in total. The second-order valence-electron chi connectivity index (χ2n) is 4.84. The maximum Gasteiger partial charge on any atom is 0.416 e. The summed E-state index contributed by atoms with van der Waals surface area (Å²) in [6, 6.07) is 5.08. The van der Waals surface area contributed by atoms with Crippen LogP contribution in [0.25, 0.3) is 0 Å². The summed E-state index contributed by atoms with van der Waals surface area (Å²) in [5, 5.41) is 0. The maximum absolute atomic E-state index is 12.5. The highest BCUT2D eigenvalue weighted by Crippen LogP contribution is 2.45. The van der Waals surface area contributed by atoms with Crippen molar-refractivity contribution in [1.82, 2.24) is 0 Å². The van der Waals surface area contributed by atoms with E-state index in [1.807, 2.05) is 0 Å². The molecule has 0 heterocycles. The Bertz CT molecular complexity index is 447. The summed E-state index contributed by atoms with van der Waals surface area (Å²) >= 11 is 0. The molecular formula is C14H15F3O2. The van der Waals surface area contributed by atoms with Crippen molar-refractivity contribution in [3.63, 3.8) is 0 Å². The first-order valence-corrected chi connectivity index (χ1v) is 6.16. The average Bonchev–Trinajstić information content (AvgIpc) is 3.19. The van der Waals surface area contributed by atoms with E-state index in [0.717, 1.165) is 30.5 Å². The fourth-order valence-electron chi connectivity index (χ4n) is 2.24. The van der Waals surface area contributed by atoms with Gasteiger partial charge in [0.1, 0.15) is 0 Å². The predicted molar refractivity (Wildman–Crippen MR) is 63.5 cm³/mol. The topological polar surface area (TPSA) is 26.3 Å². The van der Waals surface area contributed by atoms with Crippen molar-refractivity contribution >= 4 is 5.97 Å². The molecule has 1 aromatic rings. The van der Waals surface area contributed by atoms with E-state index in [9.17, 15) is 18.0 Å². The van der Waals surface area contributed by atoms with Gasteiger partial charge >= 0.3 is 12.1 Å². The molecule has 2 rings (SSSR count). The maximum atomic E-state index is 12.5. The molecule has 0 aliphatic heterocycles. The van der Waals surface area contributed by atoms with Gasteiger partial charge in [0, 0.05) is 0 Å². The highest BCUT2D eigenvalue weighted by Gasteiger charge is 2.35. The molecule has 1 saturated carbocycles. The molecule has 1 aromatic carbocycles. The van der Waals surface area contributed by atoms with E-state index in [4.69, 9.17) is 0 Å². The first-order valence-electron chi connectivity index (χ1n) is 6.16. The molecule has 104 valence electrons. The van der Waals surface area contributed by atoms with Crippen LogP contribution in [0.5, 0.6) is 0 Å². The van der Waals surface area contributed by atoms with Gasteiger partial charge in [0.05, 0.1) is 19.1 Å². The predicted octanol–water partition coefficient (Wildman–Crippen LogP) is 3.76. The number of esters is 1. The monoisotopic (exact) mass is 272 g/mol. The molecule has 1 unspecified atom stereocenters. The van der Waals surface area contributed by atoms with Crippen molar-refractivity contribution in [2.45, 2.75) is 31.4 Å². The Hall–Kier alpha value is -1.52. The fourth-order valence-corrected chi connectivity index (χ4v) is 2.24. The van der Waals surface area contributed by atoms with Crippen LogP contribution in [0.1, 0.15) is 36.3 Å². The number of alkyl halides is 3. The highest BCUT2D eigenvalue weighted by molar-refractivity contribution is 5.70. The van der Waals surface area contributed by atoms with Gasteiger partial charge in [0.2, 0.25) is 0 Å². The number of methoxy groups -OCH3 is 1. The number of carbonyl (C=O) groups excluding carboxylic acids is 1. The Morgan fingerprint density at radius 2 is 1.89 bits per heavy atom. The highest BCUT2D eigenvalue weighted by atomic mass is 19.4. The first kappa shape index (κ1) is 13.9. The zero-order chi connectivity index (χ0) is 14.0. The summed E-state index contributed by atoms with van der Waals surface area (Å²) in [4.78, 5) is 11.4. The van der Waals surface area contributed by atoms with Crippen molar-refractivity contribution in [1.29, 1.82) is 0 Å². The molecule has 1 aliphatic carbocycles. The lowest BCUT2D eigenvalue weighted by atomic mass is 9.90. The van der Waals surface area contributed by atoms with E-state index in [0.29, 0.717) is 5.92 Å². The van der Waals surface area contributed by atoms with E-state index >= 15 is 0 Å². The summed E-state index contributed by atoms with van der Waals surface area (Å²) in [5.41, 5.74) is 0.116. The van der Waals surface area contributed by atoms with Gasteiger partial charge in [-0.15, -0.1) is 0 Å². The van der Waals surface area contributed by atoms with Crippen LogP contribution in [0.2, 0.25) is 0 Å². The Morgan fingerprint density at radius 3 is 2.32 bits per heavy atom. The Balaban J connectivity index is 2.16. The van der Waals surface area contributed by atoms with Gasteiger partial charge in [0.25, 0.3) is 0 Å². The van der Waals surface area contributed by atoms with Gasteiger partial charge in [-0.05, 0) is 42.4 Å². The quantitative estimate of drug-likeness (QED) is 0.780. The lowest BCUT2D eigenvalue weighted by Crippen LogP contribution is -2.11. The van der Waals surface area contributed by atoms with Crippen LogP contribution in [0.4, 0.5) is 13.2 Å². The summed E-state index contributed by atoms with van der Waals surface area (Å²) < 4.78 is 42.1. The molecule has 5 heteroatoms. The van der Waals surface area contributed by atoms with Crippen LogP contribution in [0.3, 0.4) is 0 Å². The number of rotatable bonds is 4. The number of halogens is 3. The van der Waals surface area contributed by atoms with Crippen molar-refractivity contribution in [2.75, 3.05) is 7.11 Å². The van der Waals surface area contributed by atoms with Crippen LogP contribution < -0.4 is 0 Å². The molecule has 0 bridgehead atoms. The standard InChI is InChI=1S/C14H15F3O2/c1-19-13(18)8-12(9-2-3-9)10-4-6-11(7-5-10)14(15,16)17/h4-7,9,12H,2-3,8H2,1H3. The first-order chi connectivity index (χ1) is 8.91. The summed E-state index contributed by atoms with van der Waals surface area (Å²) in [7, 11) is 1.32. The molecule has 0 spiro atoms. The average molecular weight is 272 g/mol. The smallest absolute Gasteiger partial charge is 0.416 e. The Kier molecular flexibility index (Phi) is 3.83. The number of benzene rings is 1. The van der Waals surface area contributed by atoms with Crippen LogP contribution in [-0.4, -0.2) is 13.1 Å². The molecular weight excluding hydrogens is 257 g/mol. The Labute approximate surface area is 109 Å². The molecule has 0 amide bonds. The lowest BCUT2D eigenvalue weighted by molar-refractivity contribution is -0.141. The molecule has 0 radical (unpaired) electrons. The minimum absolute atomic E-state index is 0.0327. The van der Waals surface area contributed by atoms with E-state index < -0.39 is 11.7 Å². The van der Waals surface area contributed by atoms with Gasteiger partial charge < -0.3 is 4.74 Å². The second-order valence-corrected chi connectivity index (χ2v) is 4.84. The van der Waals surface area contributed by atoms with Crippen molar-refractivity contribution in [3.8, 4) is 0 Å². The summed E-state index contributed by atoms with van der Waals surface area (Å²) in [6.07, 6.45) is -2.06. The minimum atomic E-state index is -4.32. The molecule has 0 N–H and O–H groups in total. The number of hydrogen-bond acceptors (Lipinski definition) is 2. The van der Waals surface area contributed by atoms with Crippen LogP contribution >= 0.6 is 0 Å². The summed E-state index contributed by atoms with van der Waals surface area (Å²) in [6.45, 7) is 0. The largest absolute Gasteiger partial charge is 0.469 e. The van der Waals surface area contributed by atoms with Gasteiger partial charge in [-0.3, -0.25) is 4.79 Å². The number of carbonyl (C=O) groups is 1. The van der Waals surface area contributed by atoms with E-state index in [-0.39, 0.29) is 18.3 Å². The molecule has 0 saturated heterocycles. The van der Waals surface area contributed by atoms with Gasteiger partial charge in [0.15, 0.2) is 0 Å². The molecule has 1 fully saturated rings. The van der Waals surface area contributed by atoms with Crippen LogP contribution in [0, 0.1) is 5.92 Å². The van der Waals surface area contributed by atoms with Crippen molar-refractivity contribution in [2.24, 2.45) is 5.92 Å².